The van der Waals surface area contributed by atoms with E-state index in [0.29, 0.717) is 19.3 Å². The number of rotatable bonds is 49. The van der Waals surface area contributed by atoms with Crippen LogP contribution in [0.4, 0.5) is 0 Å². The van der Waals surface area contributed by atoms with Crippen molar-refractivity contribution in [2.24, 2.45) is 0 Å². The molecule has 0 aliphatic carbocycles. The molecule has 65 heavy (non-hydrogen) atoms. The Morgan fingerprint density at radius 3 is 1.00 bits per heavy atom. The molecule has 6 nitrogen and oxygen atoms in total. The van der Waals surface area contributed by atoms with Crippen molar-refractivity contribution in [3.05, 3.63) is 72.9 Å². The molecule has 0 radical (unpaired) electrons. The molecule has 1 unspecified atom stereocenters. The summed E-state index contributed by atoms with van der Waals surface area (Å²) in [6.45, 7) is 6.47. The Morgan fingerprint density at radius 1 is 0.323 bits per heavy atom. The van der Waals surface area contributed by atoms with Gasteiger partial charge in [0.25, 0.3) is 0 Å². The zero-order chi connectivity index (χ0) is 47.2. The smallest absolute Gasteiger partial charge is 0.306 e. The summed E-state index contributed by atoms with van der Waals surface area (Å²) in [4.78, 5) is 38.1. The van der Waals surface area contributed by atoms with Gasteiger partial charge in [0.05, 0.1) is 0 Å². The summed E-state index contributed by atoms with van der Waals surface area (Å²) in [7, 11) is 0. The van der Waals surface area contributed by atoms with E-state index in [0.717, 1.165) is 103 Å². The first-order chi connectivity index (χ1) is 32.0. The summed E-state index contributed by atoms with van der Waals surface area (Å²) in [6.07, 6.45) is 67.5. The third-order valence-corrected chi connectivity index (χ3v) is 11.7. The maximum Gasteiger partial charge on any atom is 0.306 e. The van der Waals surface area contributed by atoms with E-state index in [2.05, 4.69) is 93.7 Å². The van der Waals surface area contributed by atoms with Crippen LogP contribution in [0.2, 0.25) is 0 Å². The first kappa shape index (κ1) is 61.9. The van der Waals surface area contributed by atoms with Crippen molar-refractivity contribution in [3.63, 3.8) is 0 Å². The zero-order valence-electron chi connectivity index (χ0n) is 42.7. The van der Waals surface area contributed by atoms with Gasteiger partial charge in [-0.25, -0.2) is 0 Å². The summed E-state index contributed by atoms with van der Waals surface area (Å²) in [5, 5.41) is 0. The highest BCUT2D eigenvalue weighted by atomic mass is 16.6. The summed E-state index contributed by atoms with van der Waals surface area (Å²) in [5.74, 6) is -0.944. The topological polar surface area (TPSA) is 78.9 Å². The number of carbonyl (C=O) groups is 3. The number of allylic oxidation sites excluding steroid dienone is 12. The van der Waals surface area contributed by atoms with E-state index < -0.39 is 6.10 Å². The van der Waals surface area contributed by atoms with Gasteiger partial charge in [-0.05, 0) is 89.9 Å². The van der Waals surface area contributed by atoms with Crippen molar-refractivity contribution < 1.29 is 28.6 Å². The van der Waals surface area contributed by atoms with E-state index >= 15 is 0 Å². The lowest BCUT2D eigenvalue weighted by molar-refractivity contribution is -0.167. The zero-order valence-corrected chi connectivity index (χ0v) is 42.7. The Balaban J connectivity index is 4.44. The van der Waals surface area contributed by atoms with Gasteiger partial charge in [0.1, 0.15) is 13.2 Å². The third-order valence-electron chi connectivity index (χ3n) is 11.7. The molecule has 0 aromatic heterocycles. The fraction of sp³-hybridized carbons (Fsp3) is 0.746. The quantitative estimate of drug-likeness (QED) is 0.0262. The molecule has 0 aliphatic heterocycles. The normalized spacial score (nSPS) is 12.6. The standard InChI is InChI=1S/C59H102O6/c1-4-7-10-13-16-19-22-25-28-29-32-34-37-40-43-46-49-52-58(61)64-55-56(65-59(62)53-50-47-44-41-38-35-31-27-24-21-18-15-12-9-6-3)54-63-57(60)51-48-45-42-39-36-33-30-26-23-20-17-14-11-8-5-2/h9,12,17-18,20-21,26-27,30-31,38,41,56H,4-8,10-11,13-16,19,22-25,28-29,32-37,39-40,42-55H2,1-3H3/b12-9-,20-17-,21-18-,30-26-,31-27-,41-38-. The second-order valence-electron chi connectivity index (χ2n) is 18.1. The Bertz CT molecular complexity index is 1230. The van der Waals surface area contributed by atoms with Crippen molar-refractivity contribution in [2.45, 2.75) is 271 Å². The van der Waals surface area contributed by atoms with E-state index in [1.165, 1.54) is 116 Å². The van der Waals surface area contributed by atoms with E-state index in [4.69, 9.17) is 14.2 Å². The first-order valence-electron chi connectivity index (χ1n) is 27.4. The Kier molecular flexibility index (Phi) is 50.9. The molecular formula is C59H102O6. The van der Waals surface area contributed by atoms with Crippen LogP contribution in [0.15, 0.2) is 72.9 Å². The fourth-order valence-electron chi connectivity index (χ4n) is 7.58. The molecule has 0 rings (SSSR count). The van der Waals surface area contributed by atoms with Gasteiger partial charge in [0, 0.05) is 19.3 Å². The highest BCUT2D eigenvalue weighted by molar-refractivity contribution is 5.71. The van der Waals surface area contributed by atoms with Crippen molar-refractivity contribution >= 4 is 17.9 Å². The molecule has 0 spiro atoms. The van der Waals surface area contributed by atoms with Gasteiger partial charge in [-0.1, -0.05) is 229 Å². The number of ether oxygens (including phenoxy) is 3. The lowest BCUT2D eigenvalue weighted by Crippen LogP contribution is -2.30. The van der Waals surface area contributed by atoms with Crippen LogP contribution in [0.25, 0.3) is 0 Å². The van der Waals surface area contributed by atoms with Gasteiger partial charge in [0.2, 0.25) is 0 Å². The molecule has 0 N–H and O–H groups in total. The lowest BCUT2D eigenvalue weighted by Gasteiger charge is -2.18. The molecule has 0 aromatic carbocycles. The molecule has 0 saturated heterocycles. The highest BCUT2D eigenvalue weighted by Crippen LogP contribution is 2.15. The van der Waals surface area contributed by atoms with Gasteiger partial charge >= 0.3 is 17.9 Å². The van der Waals surface area contributed by atoms with Gasteiger partial charge in [-0.15, -0.1) is 0 Å². The van der Waals surface area contributed by atoms with E-state index in [-0.39, 0.29) is 37.5 Å². The predicted octanol–water partition coefficient (Wildman–Crippen LogP) is 18.2. The summed E-state index contributed by atoms with van der Waals surface area (Å²) < 4.78 is 16.8. The average molecular weight is 907 g/mol. The molecule has 0 aliphatic rings. The third kappa shape index (κ3) is 51.7. The molecular weight excluding hydrogens is 805 g/mol. The first-order valence-corrected chi connectivity index (χ1v) is 27.4. The van der Waals surface area contributed by atoms with Gasteiger partial charge < -0.3 is 14.2 Å². The van der Waals surface area contributed by atoms with Crippen molar-refractivity contribution in [3.8, 4) is 0 Å². The summed E-state index contributed by atoms with van der Waals surface area (Å²) in [6, 6.07) is 0. The second-order valence-corrected chi connectivity index (χ2v) is 18.1. The van der Waals surface area contributed by atoms with Crippen LogP contribution in [0.3, 0.4) is 0 Å². The average Bonchev–Trinajstić information content (AvgIpc) is 3.30. The Morgan fingerprint density at radius 2 is 0.600 bits per heavy atom. The van der Waals surface area contributed by atoms with Gasteiger partial charge in [-0.2, -0.15) is 0 Å². The van der Waals surface area contributed by atoms with E-state index in [9.17, 15) is 14.4 Å². The monoisotopic (exact) mass is 907 g/mol. The largest absolute Gasteiger partial charge is 0.462 e. The number of hydrogen-bond acceptors (Lipinski definition) is 6. The molecule has 6 heteroatoms. The molecule has 0 bridgehead atoms. The van der Waals surface area contributed by atoms with Crippen LogP contribution in [-0.4, -0.2) is 37.2 Å². The number of hydrogen-bond donors (Lipinski definition) is 0. The minimum absolute atomic E-state index is 0.0948. The fourth-order valence-corrected chi connectivity index (χ4v) is 7.58. The summed E-state index contributed by atoms with van der Waals surface area (Å²) in [5.41, 5.74) is 0. The van der Waals surface area contributed by atoms with E-state index in [1.807, 2.05) is 0 Å². The second kappa shape index (κ2) is 53.5. The van der Waals surface area contributed by atoms with Crippen molar-refractivity contribution in [2.75, 3.05) is 13.2 Å². The predicted molar refractivity (Wildman–Crippen MR) is 279 cm³/mol. The van der Waals surface area contributed by atoms with Crippen LogP contribution in [-0.2, 0) is 28.6 Å². The van der Waals surface area contributed by atoms with Gasteiger partial charge in [-0.3, -0.25) is 14.4 Å². The van der Waals surface area contributed by atoms with Crippen molar-refractivity contribution in [1.29, 1.82) is 0 Å². The van der Waals surface area contributed by atoms with Crippen LogP contribution in [0, 0.1) is 0 Å². The minimum atomic E-state index is -0.801. The highest BCUT2D eigenvalue weighted by Gasteiger charge is 2.19. The van der Waals surface area contributed by atoms with Crippen LogP contribution < -0.4 is 0 Å². The molecule has 0 heterocycles. The Labute approximate surface area is 402 Å². The molecule has 374 valence electrons. The van der Waals surface area contributed by atoms with Crippen LogP contribution in [0.1, 0.15) is 265 Å². The molecule has 0 amide bonds. The minimum Gasteiger partial charge on any atom is -0.462 e. The number of unbranched alkanes of at least 4 members (excludes halogenated alkanes) is 26. The number of esters is 3. The Hall–Kier alpha value is -3.15. The molecule has 0 fully saturated rings. The molecule has 0 saturated carbocycles. The van der Waals surface area contributed by atoms with Gasteiger partial charge in [0.15, 0.2) is 6.10 Å². The SMILES string of the molecule is CC/C=C\C/C=C\C/C=C\C/C=C\CCCCC(=O)OC(COC(=O)CCCCCCC/C=C\C/C=C\CCCCC)COC(=O)CCCCCCCCCCCCCCCCCCC. The van der Waals surface area contributed by atoms with Crippen molar-refractivity contribution in [1.82, 2.24) is 0 Å². The molecule has 0 aromatic rings. The van der Waals surface area contributed by atoms with Crippen LogP contribution in [0.5, 0.6) is 0 Å². The van der Waals surface area contributed by atoms with Crippen LogP contribution >= 0.6 is 0 Å². The lowest BCUT2D eigenvalue weighted by atomic mass is 10.0. The number of carbonyl (C=O) groups excluding carboxylic acids is 3. The van der Waals surface area contributed by atoms with E-state index in [1.54, 1.807) is 0 Å². The molecule has 1 atom stereocenters. The maximum atomic E-state index is 12.8. The summed E-state index contributed by atoms with van der Waals surface area (Å²) >= 11 is 0. The maximum absolute atomic E-state index is 12.8.